The van der Waals surface area contributed by atoms with Gasteiger partial charge < -0.3 is 9.64 Å². The van der Waals surface area contributed by atoms with E-state index in [2.05, 4.69) is 40.8 Å². The molecule has 3 aliphatic rings. The molecule has 2 fully saturated rings. The lowest BCUT2D eigenvalue weighted by molar-refractivity contribution is 0.263. The van der Waals surface area contributed by atoms with Crippen molar-refractivity contribution in [1.29, 1.82) is 0 Å². The molecule has 1 aromatic carbocycles. The first-order valence-corrected chi connectivity index (χ1v) is 11.8. The van der Waals surface area contributed by atoms with Crippen LogP contribution in [-0.4, -0.2) is 40.9 Å². The first-order chi connectivity index (χ1) is 14.3. The molecule has 2 atom stereocenters. The molecule has 2 heterocycles. The van der Waals surface area contributed by atoms with E-state index in [1.54, 1.807) is 0 Å². The van der Waals surface area contributed by atoms with Gasteiger partial charge in [-0.3, -0.25) is 0 Å². The molecule has 1 aliphatic heterocycles. The van der Waals surface area contributed by atoms with E-state index in [1.807, 2.05) is 0 Å². The molecule has 0 amide bonds. The zero-order valence-corrected chi connectivity index (χ0v) is 17.9. The smallest absolute Gasteiger partial charge is 0.119 e. The van der Waals surface area contributed by atoms with Crippen molar-refractivity contribution in [3.05, 3.63) is 41.2 Å². The molecular formula is C25H35N3O. The summed E-state index contributed by atoms with van der Waals surface area (Å²) in [5, 5.41) is 5.12. The van der Waals surface area contributed by atoms with E-state index in [0.29, 0.717) is 5.92 Å². The quantitative estimate of drug-likeness (QED) is 0.627. The molecule has 0 spiro atoms. The third-order valence-electron chi connectivity index (χ3n) is 7.46. The summed E-state index contributed by atoms with van der Waals surface area (Å²) < 4.78 is 8.16. The molecule has 2 aliphatic carbocycles. The lowest BCUT2D eigenvalue weighted by atomic mass is 9.70. The molecule has 0 bridgehead atoms. The largest absolute Gasteiger partial charge is 0.494 e. The molecular weight excluding hydrogens is 358 g/mol. The van der Waals surface area contributed by atoms with Crippen LogP contribution in [0.4, 0.5) is 0 Å². The van der Waals surface area contributed by atoms with Crippen LogP contribution >= 0.6 is 0 Å². The van der Waals surface area contributed by atoms with Gasteiger partial charge in [0, 0.05) is 18.2 Å². The monoisotopic (exact) mass is 393 g/mol. The van der Waals surface area contributed by atoms with E-state index in [4.69, 9.17) is 9.84 Å². The molecule has 29 heavy (non-hydrogen) atoms. The van der Waals surface area contributed by atoms with Gasteiger partial charge in [0.1, 0.15) is 5.75 Å². The van der Waals surface area contributed by atoms with Gasteiger partial charge in [0.05, 0.1) is 18.0 Å². The number of hydrogen-bond acceptors (Lipinski definition) is 3. The molecule has 156 valence electrons. The van der Waals surface area contributed by atoms with Gasteiger partial charge in [-0.05, 0) is 101 Å². The Morgan fingerprint density at radius 2 is 1.79 bits per heavy atom. The molecule has 1 unspecified atom stereocenters. The van der Waals surface area contributed by atoms with Crippen molar-refractivity contribution in [3.8, 4) is 11.4 Å². The number of rotatable bonds is 6. The van der Waals surface area contributed by atoms with E-state index in [-0.39, 0.29) is 0 Å². The zero-order chi connectivity index (χ0) is 19.6. The zero-order valence-electron chi connectivity index (χ0n) is 17.9. The maximum atomic E-state index is 5.98. The highest BCUT2D eigenvalue weighted by molar-refractivity contribution is 5.42. The fourth-order valence-electron chi connectivity index (χ4n) is 5.83. The van der Waals surface area contributed by atoms with Crippen LogP contribution in [0.1, 0.15) is 74.2 Å². The number of likely N-dealkylation sites (tertiary alicyclic amines) is 1. The normalized spacial score (nSPS) is 24.3. The topological polar surface area (TPSA) is 30.3 Å². The maximum absolute atomic E-state index is 5.98. The highest BCUT2D eigenvalue weighted by Gasteiger charge is 2.35. The van der Waals surface area contributed by atoms with Crippen LogP contribution in [0.5, 0.6) is 5.75 Å². The Labute approximate surface area is 175 Å². The lowest BCUT2D eigenvalue weighted by Crippen LogP contribution is -2.23. The van der Waals surface area contributed by atoms with Gasteiger partial charge in [-0.15, -0.1) is 0 Å². The van der Waals surface area contributed by atoms with Crippen LogP contribution in [0, 0.1) is 12.8 Å². The fourth-order valence-corrected chi connectivity index (χ4v) is 5.83. The van der Waals surface area contributed by atoms with Crippen LogP contribution in [-0.2, 0) is 6.42 Å². The number of benzene rings is 1. The minimum atomic E-state index is 0.700. The Hall–Kier alpha value is -1.81. The Kier molecular flexibility index (Phi) is 5.63. The van der Waals surface area contributed by atoms with Gasteiger partial charge in [-0.2, -0.15) is 5.10 Å². The second-order valence-corrected chi connectivity index (χ2v) is 9.30. The highest BCUT2D eigenvalue weighted by atomic mass is 16.5. The number of nitrogens with zero attached hydrogens (tertiary/aromatic N) is 3. The first kappa shape index (κ1) is 19.2. The van der Waals surface area contributed by atoms with Gasteiger partial charge in [0.15, 0.2) is 0 Å². The van der Waals surface area contributed by atoms with Crippen molar-refractivity contribution >= 4 is 0 Å². The van der Waals surface area contributed by atoms with Gasteiger partial charge in [-0.25, -0.2) is 4.68 Å². The Bertz CT molecular complexity index is 819. The number of hydrogen-bond donors (Lipinski definition) is 0. The van der Waals surface area contributed by atoms with Gasteiger partial charge >= 0.3 is 0 Å². The van der Waals surface area contributed by atoms with Crippen molar-refractivity contribution < 1.29 is 4.74 Å². The van der Waals surface area contributed by atoms with Crippen LogP contribution in [0.3, 0.4) is 0 Å². The molecule has 0 radical (unpaired) electrons. The second-order valence-electron chi connectivity index (χ2n) is 9.30. The summed E-state index contributed by atoms with van der Waals surface area (Å²) >= 11 is 0. The van der Waals surface area contributed by atoms with Crippen molar-refractivity contribution in [2.75, 3.05) is 26.2 Å². The lowest BCUT2D eigenvalue weighted by Gasteiger charge is -2.34. The van der Waals surface area contributed by atoms with E-state index < -0.39 is 0 Å². The molecule has 2 aromatic rings. The average molecular weight is 394 g/mol. The third-order valence-corrected chi connectivity index (χ3v) is 7.46. The molecule has 5 rings (SSSR count). The standard InChI is InChI=1S/C25H35N3O/c1-19-23-14-9-20-7-2-3-8-24(20)25(23)26-28(19)21-10-12-22(13-11-21)29-18-6-17-27-15-4-5-16-27/h10-13,20,24H,2-9,14-18H2,1H3/t20?,24-/m0/s1. The number of aromatic nitrogens is 2. The Morgan fingerprint density at radius 1 is 1.00 bits per heavy atom. The van der Waals surface area contributed by atoms with Crippen molar-refractivity contribution in [3.63, 3.8) is 0 Å². The SMILES string of the molecule is Cc1c2c(nn1-c1ccc(OCCCN3CCCC3)cc1)[C@H]1CCCCC1CC2. The fraction of sp³-hybridized carbons (Fsp3) is 0.640. The van der Waals surface area contributed by atoms with E-state index >= 15 is 0 Å². The van der Waals surface area contributed by atoms with Crippen molar-refractivity contribution in [2.24, 2.45) is 5.92 Å². The minimum Gasteiger partial charge on any atom is -0.494 e. The van der Waals surface area contributed by atoms with Gasteiger partial charge in [0.2, 0.25) is 0 Å². The summed E-state index contributed by atoms with van der Waals surface area (Å²) in [5.41, 5.74) is 5.42. The predicted molar refractivity (Wildman–Crippen MR) is 117 cm³/mol. The summed E-state index contributed by atoms with van der Waals surface area (Å²) in [7, 11) is 0. The van der Waals surface area contributed by atoms with Crippen LogP contribution < -0.4 is 4.74 Å². The van der Waals surface area contributed by atoms with Gasteiger partial charge in [-0.1, -0.05) is 12.8 Å². The Balaban J connectivity index is 1.24. The first-order valence-electron chi connectivity index (χ1n) is 11.8. The number of ether oxygens (including phenoxy) is 1. The third kappa shape index (κ3) is 3.96. The summed E-state index contributed by atoms with van der Waals surface area (Å²) in [6.07, 6.45) is 11.9. The van der Waals surface area contributed by atoms with E-state index in [9.17, 15) is 0 Å². The maximum Gasteiger partial charge on any atom is 0.119 e. The molecule has 1 saturated heterocycles. The second kappa shape index (κ2) is 8.51. The average Bonchev–Trinajstić information content (AvgIpc) is 3.40. The summed E-state index contributed by atoms with van der Waals surface area (Å²) in [6.45, 7) is 6.75. The Morgan fingerprint density at radius 3 is 2.62 bits per heavy atom. The summed E-state index contributed by atoms with van der Waals surface area (Å²) in [4.78, 5) is 2.55. The van der Waals surface area contributed by atoms with E-state index in [0.717, 1.165) is 36.9 Å². The van der Waals surface area contributed by atoms with Crippen LogP contribution in [0.2, 0.25) is 0 Å². The highest BCUT2D eigenvalue weighted by Crippen LogP contribution is 2.45. The molecule has 4 heteroatoms. The molecule has 0 N–H and O–H groups in total. The molecule has 4 nitrogen and oxygen atoms in total. The van der Waals surface area contributed by atoms with Crippen molar-refractivity contribution in [2.45, 2.75) is 70.6 Å². The minimum absolute atomic E-state index is 0.700. The molecule has 1 aromatic heterocycles. The summed E-state index contributed by atoms with van der Waals surface area (Å²) in [5.74, 6) is 2.54. The van der Waals surface area contributed by atoms with E-state index in [1.165, 1.54) is 81.4 Å². The van der Waals surface area contributed by atoms with Crippen molar-refractivity contribution in [1.82, 2.24) is 14.7 Å². The predicted octanol–water partition coefficient (Wildman–Crippen LogP) is 5.27. The van der Waals surface area contributed by atoms with Crippen LogP contribution in [0.15, 0.2) is 24.3 Å². The van der Waals surface area contributed by atoms with Gasteiger partial charge in [0.25, 0.3) is 0 Å². The molecule has 1 saturated carbocycles. The van der Waals surface area contributed by atoms with Crippen LogP contribution in [0.25, 0.3) is 5.69 Å². The number of fused-ring (bicyclic) bond motifs is 3. The summed E-state index contributed by atoms with van der Waals surface area (Å²) in [6, 6.07) is 8.54.